The van der Waals surface area contributed by atoms with Gasteiger partial charge in [-0.05, 0) is 48.7 Å². The number of hydrogen-bond donors (Lipinski definition) is 1. The van der Waals surface area contributed by atoms with Crippen LogP contribution >= 0.6 is 23.2 Å². The number of pyridine rings is 1. The van der Waals surface area contributed by atoms with Crippen LogP contribution in [0.5, 0.6) is 5.75 Å². The summed E-state index contributed by atoms with van der Waals surface area (Å²) in [6.07, 6.45) is 4.72. The van der Waals surface area contributed by atoms with Crippen LogP contribution in [-0.2, 0) is 0 Å². The van der Waals surface area contributed by atoms with E-state index in [1.807, 2.05) is 0 Å². The molecule has 0 radical (unpaired) electrons. The predicted molar refractivity (Wildman–Crippen MR) is 130 cm³/mol. The molecule has 34 heavy (non-hydrogen) atoms. The molecule has 6 nitrogen and oxygen atoms in total. The van der Waals surface area contributed by atoms with Crippen LogP contribution in [0.1, 0.15) is 40.0 Å². The summed E-state index contributed by atoms with van der Waals surface area (Å²) in [5.74, 6) is -0.821. The number of nitrogens with two attached hydrogens (primary N) is 1. The van der Waals surface area contributed by atoms with Crippen LogP contribution in [0.3, 0.4) is 0 Å². The fourth-order valence-corrected chi connectivity index (χ4v) is 4.02. The number of aromatic nitrogens is 1. The molecular weight excluding hydrogens is 480 g/mol. The van der Waals surface area contributed by atoms with Gasteiger partial charge in [-0.15, -0.1) is 0 Å². The van der Waals surface area contributed by atoms with Crippen molar-refractivity contribution in [3.63, 3.8) is 0 Å². The molecule has 0 unspecified atom stereocenters. The number of halogens is 3. The first-order chi connectivity index (χ1) is 16.3. The molecule has 0 saturated heterocycles. The summed E-state index contributed by atoms with van der Waals surface area (Å²) in [7, 11) is 1.47. The van der Waals surface area contributed by atoms with Gasteiger partial charge in [0.1, 0.15) is 5.82 Å². The van der Waals surface area contributed by atoms with Gasteiger partial charge < -0.3 is 10.5 Å². The van der Waals surface area contributed by atoms with Crippen molar-refractivity contribution in [2.24, 2.45) is 11.7 Å². The third-order valence-electron chi connectivity index (χ3n) is 5.67. The number of benzene rings is 2. The highest BCUT2D eigenvalue weighted by Crippen LogP contribution is 2.37. The Morgan fingerprint density at radius 3 is 2.62 bits per heavy atom. The van der Waals surface area contributed by atoms with Gasteiger partial charge in [0.25, 0.3) is 5.91 Å². The normalized spacial score (nSPS) is 12.9. The quantitative estimate of drug-likeness (QED) is 0.425. The maximum atomic E-state index is 14.4. The lowest BCUT2D eigenvalue weighted by molar-refractivity contribution is 0.0983. The monoisotopic (exact) mass is 501 g/mol. The maximum Gasteiger partial charge on any atom is 0.263 e. The van der Waals surface area contributed by atoms with Crippen LogP contribution in [0.25, 0.3) is 11.1 Å². The Bertz CT molecular complexity index is 1240. The molecule has 4 rings (SSSR count). The standard InChI is InChI=1S/C25H22Cl2FN3O3/c1-31(25(33)22-19(27)3-2-4-20(22)28)24-21(34-10-9-14-5-6-14)12-16(13-30-24)17-11-15(23(29)32)7-8-18(17)26/h2-4,7-8,11-14H,5-6,9-10H2,1H3,(H2,29,32). The Hall–Kier alpha value is -3.16. The Morgan fingerprint density at radius 1 is 1.18 bits per heavy atom. The summed E-state index contributed by atoms with van der Waals surface area (Å²) >= 11 is 12.5. The minimum absolute atomic E-state index is 0.000259. The van der Waals surface area contributed by atoms with E-state index in [9.17, 15) is 14.0 Å². The van der Waals surface area contributed by atoms with Crippen LogP contribution in [-0.4, -0.2) is 30.5 Å². The first kappa shape index (κ1) is 24.0. The lowest BCUT2D eigenvalue weighted by Gasteiger charge is -2.21. The van der Waals surface area contributed by atoms with Gasteiger partial charge in [-0.3, -0.25) is 14.5 Å². The highest BCUT2D eigenvalue weighted by atomic mass is 35.5. The SMILES string of the molecule is CN(C(=O)c1c(F)cccc1Cl)c1ncc(-c2cc(C(N)=O)ccc2Cl)cc1OCCC1CC1. The molecule has 0 bridgehead atoms. The first-order valence-corrected chi connectivity index (χ1v) is 11.5. The van der Waals surface area contributed by atoms with E-state index < -0.39 is 17.6 Å². The number of carbonyl (C=O) groups excluding carboxylic acids is 2. The van der Waals surface area contributed by atoms with Crippen molar-refractivity contribution in [3.05, 3.63) is 75.7 Å². The van der Waals surface area contributed by atoms with Crippen molar-refractivity contribution in [2.45, 2.75) is 19.3 Å². The van der Waals surface area contributed by atoms with Gasteiger partial charge >= 0.3 is 0 Å². The molecule has 1 fully saturated rings. The van der Waals surface area contributed by atoms with E-state index in [1.165, 1.54) is 55.3 Å². The zero-order valence-corrected chi connectivity index (χ0v) is 19.9. The number of ether oxygens (including phenoxy) is 1. The fourth-order valence-electron chi connectivity index (χ4n) is 3.55. The van der Waals surface area contributed by atoms with Gasteiger partial charge in [0.15, 0.2) is 11.6 Å². The van der Waals surface area contributed by atoms with Crippen molar-refractivity contribution in [3.8, 4) is 16.9 Å². The third kappa shape index (κ3) is 5.16. The van der Waals surface area contributed by atoms with E-state index in [4.69, 9.17) is 33.7 Å². The number of amides is 2. The number of primary amides is 1. The van der Waals surface area contributed by atoms with Gasteiger partial charge in [-0.2, -0.15) is 0 Å². The highest BCUT2D eigenvalue weighted by molar-refractivity contribution is 6.34. The molecule has 1 aliphatic carbocycles. The molecule has 176 valence electrons. The number of carbonyl (C=O) groups is 2. The van der Waals surface area contributed by atoms with Crippen molar-refractivity contribution < 1.29 is 18.7 Å². The highest BCUT2D eigenvalue weighted by Gasteiger charge is 2.25. The van der Waals surface area contributed by atoms with Gasteiger partial charge in [0, 0.05) is 35.0 Å². The minimum Gasteiger partial charge on any atom is -0.490 e. The minimum atomic E-state index is -0.729. The summed E-state index contributed by atoms with van der Waals surface area (Å²) in [5.41, 5.74) is 6.56. The summed E-state index contributed by atoms with van der Waals surface area (Å²) in [4.78, 5) is 30.4. The largest absolute Gasteiger partial charge is 0.490 e. The van der Waals surface area contributed by atoms with Gasteiger partial charge in [0.2, 0.25) is 5.91 Å². The molecule has 2 aromatic carbocycles. The smallest absolute Gasteiger partial charge is 0.263 e. The van der Waals surface area contributed by atoms with Crippen LogP contribution in [0.15, 0.2) is 48.7 Å². The molecule has 0 atom stereocenters. The molecule has 0 aliphatic heterocycles. The molecule has 1 heterocycles. The maximum absolute atomic E-state index is 14.4. The topological polar surface area (TPSA) is 85.5 Å². The Balaban J connectivity index is 1.72. The predicted octanol–water partition coefficient (Wildman–Crippen LogP) is 5.75. The van der Waals surface area contributed by atoms with Crippen molar-refractivity contribution in [1.29, 1.82) is 0 Å². The Labute approximate surface area is 206 Å². The molecule has 1 aliphatic rings. The number of hydrogen-bond acceptors (Lipinski definition) is 4. The molecule has 1 aromatic heterocycles. The van der Waals surface area contributed by atoms with Gasteiger partial charge in [-0.25, -0.2) is 9.37 Å². The second-order valence-electron chi connectivity index (χ2n) is 8.15. The lowest BCUT2D eigenvalue weighted by Crippen LogP contribution is -2.29. The molecule has 2 amide bonds. The average molecular weight is 502 g/mol. The number of anilines is 1. The van der Waals surface area contributed by atoms with Crippen LogP contribution in [0, 0.1) is 11.7 Å². The first-order valence-electron chi connectivity index (χ1n) is 10.7. The van der Waals surface area contributed by atoms with Crippen LogP contribution < -0.4 is 15.4 Å². The molecule has 0 spiro atoms. The molecular formula is C25H22Cl2FN3O3. The zero-order chi connectivity index (χ0) is 24.4. The van der Waals surface area contributed by atoms with Crippen molar-refractivity contribution in [2.75, 3.05) is 18.6 Å². The second-order valence-corrected chi connectivity index (χ2v) is 8.96. The summed E-state index contributed by atoms with van der Waals surface area (Å²) < 4.78 is 20.4. The average Bonchev–Trinajstić information content (AvgIpc) is 3.63. The molecule has 9 heteroatoms. The van der Waals surface area contributed by atoms with E-state index in [-0.39, 0.29) is 16.4 Å². The van der Waals surface area contributed by atoms with E-state index in [0.29, 0.717) is 40.0 Å². The van der Waals surface area contributed by atoms with E-state index in [0.717, 1.165) is 6.42 Å². The van der Waals surface area contributed by atoms with E-state index in [1.54, 1.807) is 18.2 Å². The van der Waals surface area contributed by atoms with E-state index in [2.05, 4.69) is 4.98 Å². The van der Waals surface area contributed by atoms with Crippen molar-refractivity contribution >= 4 is 40.8 Å². The number of rotatable bonds is 8. The van der Waals surface area contributed by atoms with Gasteiger partial charge in [-0.1, -0.05) is 42.1 Å². The van der Waals surface area contributed by atoms with E-state index >= 15 is 0 Å². The summed E-state index contributed by atoms with van der Waals surface area (Å²) in [6.45, 7) is 0.431. The molecule has 2 N–H and O–H groups in total. The lowest BCUT2D eigenvalue weighted by atomic mass is 10.0. The Morgan fingerprint density at radius 2 is 1.94 bits per heavy atom. The second kappa shape index (κ2) is 9.99. The van der Waals surface area contributed by atoms with Crippen LogP contribution in [0.4, 0.5) is 10.2 Å². The van der Waals surface area contributed by atoms with Crippen LogP contribution in [0.2, 0.25) is 10.0 Å². The number of nitrogens with zero attached hydrogens (tertiary/aromatic N) is 2. The third-order valence-corrected chi connectivity index (χ3v) is 6.32. The van der Waals surface area contributed by atoms with Crippen molar-refractivity contribution in [1.82, 2.24) is 4.98 Å². The van der Waals surface area contributed by atoms with Gasteiger partial charge in [0.05, 0.1) is 17.2 Å². The molecule has 1 saturated carbocycles. The summed E-state index contributed by atoms with van der Waals surface area (Å²) in [6, 6.07) is 10.4. The fraction of sp³-hybridized carbons (Fsp3) is 0.240. The zero-order valence-electron chi connectivity index (χ0n) is 18.4. The summed E-state index contributed by atoms with van der Waals surface area (Å²) in [5, 5.41) is 0.394. The Kier molecular flexibility index (Phi) is 7.05. The molecule has 3 aromatic rings.